The Balaban J connectivity index is 1.61. The van der Waals surface area contributed by atoms with Gasteiger partial charge in [-0.25, -0.2) is 18.4 Å². The molecule has 0 saturated carbocycles. The van der Waals surface area contributed by atoms with Crippen molar-refractivity contribution in [3.8, 4) is 5.69 Å². The van der Waals surface area contributed by atoms with Crippen molar-refractivity contribution < 1.29 is 8.42 Å². The van der Waals surface area contributed by atoms with Gasteiger partial charge in [0.15, 0.2) is 11.1 Å². The highest BCUT2D eigenvalue weighted by Gasteiger charge is 2.13. The summed E-state index contributed by atoms with van der Waals surface area (Å²) in [5.74, 6) is -0.0969. The zero-order chi connectivity index (χ0) is 21.3. The van der Waals surface area contributed by atoms with E-state index in [1.807, 2.05) is 0 Å². The molecule has 0 atom stereocenters. The maximum Gasteiger partial charge on any atom is 0.236 e. The molecule has 0 aliphatic rings. The summed E-state index contributed by atoms with van der Waals surface area (Å²) in [5.41, 5.74) is 7.58. The Morgan fingerprint density at radius 1 is 1.07 bits per heavy atom. The Morgan fingerprint density at radius 2 is 1.83 bits per heavy atom. The average Bonchev–Trinajstić information content (AvgIpc) is 2.68. The van der Waals surface area contributed by atoms with Crippen molar-refractivity contribution in [1.82, 2.24) is 14.5 Å². The maximum absolute atomic E-state index is 12.5. The lowest BCUT2D eigenvalue weighted by atomic mass is 10.2. The summed E-state index contributed by atoms with van der Waals surface area (Å²) < 4.78 is 29.1. The number of sulfonamides is 1. The van der Waals surface area contributed by atoms with Crippen molar-refractivity contribution in [3.05, 3.63) is 87.9 Å². The van der Waals surface area contributed by atoms with Gasteiger partial charge in [-0.3, -0.25) is 9.52 Å². The van der Waals surface area contributed by atoms with Gasteiger partial charge in [-0.2, -0.15) is 0 Å². The number of pyridine rings is 1. The average molecular weight is 442 g/mol. The van der Waals surface area contributed by atoms with Gasteiger partial charge in [0.25, 0.3) is 0 Å². The van der Waals surface area contributed by atoms with E-state index in [4.69, 9.17) is 17.3 Å². The number of hydrogen-bond donors (Lipinski definition) is 2. The summed E-state index contributed by atoms with van der Waals surface area (Å²) in [4.78, 5) is 20.1. The fraction of sp³-hybridized carbons (Fsp3) is 0.0500. The molecule has 30 heavy (non-hydrogen) atoms. The molecular formula is C20H16ClN5O3S. The first-order chi connectivity index (χ1) is 14.3. The normalized spacial score (nSPS) is 11.5. The van der Waals surface area contributed by atoms with Gasteiger partial charge in [-0.05, 0) is 42.0 Å². The minimum atomic E-state index is -3.62. The number of nitrogens with zero attached hydrogens (tertiary/aromatic N) is 3. The summed E-state index contributed by atoms with van der Waals surface area (Å²) in [7, 11) is -3.62. The maximum atomic E-state index is 12.5. The lowest BCUT2D eigenvalue weighted by molar-refractivity contribution is 0.600. The van der Waals surface area contributed by atoms with Crippen LogP contribution in [0.4, 0.5) is 11.5 Å². The van der Waals surface area contributed by atoms with Crippen LogP contribution in [0.5, 0.6) is 0 Å². The molecule has 0 fully saturated rings. The van der Waals surface area contributed by atoms with Crippen LogP contribution in [0.2, 0.25) is 5.02 Å². The summed E-state index contributed by atoms with van der Waals surface area (Å²) in [6.45, 7) is 0. The molecule has 2 heterocycles. The Kier molecular flexibility index (Phi) is 5.15. The SMILES string of the molecule is Nc1ncnc2c1c(=O)ccn2-c1ccc(NS(=O)(=O)Cc2cccc(Cl)c2)cc1. The second-order valence-electron chi connectivity index (χ2n) is 6.55. The third-order valence-corrected chi connectivity index (χ3v) is 5.87. The van der Waals surface area contributed by atoms with E-state index >= 15 is 0 Å². The number of nitrogens with two attached hydrogens (primary N) is 1. The molecule has 10 heteroatoms. The quantitative estimate of drug-likeness (QED) is 0.491. The van der Waals surface area contributed by atoms with Gasteiger partial charge in [0, 0.05) is 28.7 Å². The first kappa shape index (κ1) is 19.9. The number of aromatic nitrogens is 3. The summed E-state index contributed by atoms with van der Waals surface area (Å²) in [6.07, 6.45) is 2.86. The second kappa shape index (κ2) is 7.77. The predicted molar refractivity (Wildman–Crippen MR) is 117 cm³/mol. The predicted octanol–water partition coefficient (Wildman–Crippen LogP) is 2.96. The summed E-state index contributed by atoms with van der Waals surface area (Å²) in [5, 5.41) is 0.705. The van der Waals surface area contributed by atoms with Crippen LogP contribution in [0.25, 0.3) is 16.7 Å². The summed E-state index contributed by atoms with van der Waals surface area (Å²) in [6, 6.07) is 14.7. The van der Waals surface area contributed by atoms with E-state index in [9.17, 15) is 13.2 Å². The molecule has 0 amide bonds. The number of hydrogen-bond acceptors (Lipinski definition) is 6. The fourth-order valence-electron chi connectivity index (χ4n) is 3.06. The molecule has 0 aliphatic carbocycles. The minimum absolute atomic E-state index is 0.102. The van der Waals surface area contributed by atoms with Gasteiger partial charge >= 0.3 is 0 Å². The molecule has 2 aromatic heterocycles. The van der Waals surface area contributed by atoms with E-state index < -0.39 is 10.0 Å². The van der Waals surface area contributed by atoms with E-state index in [0.717, 1.165) is 0 Å². The number of rotatable bonds is 5. The van der Waals surface area contributed by atoms with Gasteiger partial charge in [0.05, 0.1) is 5.75 Å². The van der Waals surface area contributed by atoms with E-state index in [-0.39, 0.29) is 22.4 Å². The third kappa shape index (κ3) is 4.12. The monoisotopic (exact) mass is 441 g/mol. The number of fused-ring (bicyclic) bond motifs is 1. The number of anilines is 2. The minimum Gasteiger partial charge on any atom is -0.383 e. The molecule has 0 unspecified atom stereocenters. The third-order valence-electron chi connectivity index (χ3n) is 4.37. The molecule has 0 spiro atoms. The van der Waals surface area contributed by atoms with Gasteiger partial charge in [-0.1, -0.05) is 23.7 Å². The van der Waals surface area contributed by atoms with Crippen molar-refractivity contribution in [3.63, 3.8) is 0 Å². The number of nitrogen functional groups attached to an aromatic ring is 1. The Morgan fingerprint density at radius 3 is 2.57 bits per heavy atom. The molecule has 8 nitrogen and oxygen atoms in total. The van der Waals surface area contributed by atoms with Crippen molar-refractivity contribution in [2.24, 2.45) is 0 Å². The molecule has 0 aliphatic heterocycles. The van der Waals surface area contributed by atoms with Gasteiger partial charge in [0.1, 0.15) is 17.5 Å². The van der Waals surface area contributed by atoms with E-state index in [2.05, 4.69) is 14.7 Å². The van der Waals surface area contributed by atoms with Gasteiger partial charge < -0.3 is 10.3 Å². The van der Waals surface area contributed by atoms with Crippen LogP contribution < -0.4 is 15.9 Å². The molecule has 3 N–H and O–H groups in total. The first-order valence-electron chi connectivity index (χ1n) is 8.80. The highest BCUT2D eigenvalue weighted by molar-refractivity contribution is 7.91. The van der Waals surface area contributed by atoms with Crippen LogP contribution in [-0.4, -0.2) is 23.0 Å². The standard InChI is InChI=1S/C20H16ClN5O3S/c21-14-3-1-2-13(10-14)11-30(28,29)25-15-4-6-16(7-5-15)26-9-8-17(27)18-19(22)23-12-24-20(18)26/h1-10,12,25H,11H2,(H2,22,23,24). The lowest BCUT2D eigenvalue weighted by Crippen LogP contribution is -2.15. The molecule has 4 aromatic rings. The van der Waals surface area contributed by atoms with Crippen molar-refractivity contribution >= 4 is 44.2 Å². The lowest BCUT2D eigenvalue weighted by Gasteiger charge is -2.12. The fourth-order valence-corrected chi connectivity index (χ4v) is 4.46. The van der Waals surface area contributed by atoms with Crippen LogP contribution in [0.3, 0.4) is 0 Å². The number of nitrogens with one attached hydrogen (secondary N) is 1. The van der Waals surface area contributed by atoms with Crippen molar-refractivity contribution in [2.75, 3.05) is 10.5 Å². The number of halogens is 1. The molecule has 4 rings (SSSR count). The molecule has 0 radical (unpaired) electrons. The van der Waals surface area contributed by atoms with Crippen LogP contribution in [0.15, 0.2) is 71.9 Å². The Labute approximate surface area is 177 Å². The van der Waals surface area contributed by atoms with Gasteiger partial charge in [0.2, 0.25) is 10.0 Å². The molecule has 152 valence electrons. The molecule has 2 aromatic carbocycles. The van der Waals surface area contributed by atoms with E-state index in [0.29, 0.717) is 27.6 Å². The van der Waals surface area contributed by atoms with Crippen LogP contribution in [-0.2, 0) is 15.8 Å². The Hall–Kier alpha value is -3.43. The smallest absolute Gasteiger partial charge is 0.236 e. The molecular weight excluding hydrogens is 426 g/mol. The van der Waals surface area contributed by atoms with Crippen LogP contribution in [0.1, 0.15) is 5.56 Å². The topological polar surface area (TPSA) is 120 Å². The van der Waals surface area contributed by atoms with Crippen LogP contribution >= 0.6 is 11.6 Å². The van der Waals surface area contributed by atoms with E-state index in [1.165, 1.54) is 12.4 Å². The molecule has 0 bridgehead atoms. The van der Waals surface area contributed by atoms with Crippen molar-refractivity contribution in [2.45, 2.75) is 5.75 Å². The van der Waals surface area contributed by atoms with Crippen molar-refractivity contribution in [1.29, 1.82) is 0 Å². The number of benzene rings is 2. The van der Waals surface area contributed by atoms with Crippen LogP contribution in [0, 0.1) is 0 Å². The van der Waals surface area contributed by atoms with Gasteiger partial charge in [-0.15, -0.1) is 0 Å². The zero-order valence-electron chi connectivity index (χ0n) is 15.5. The van der Waals surface area contributed by atoms with E-state index in [1.54, 1.807) is 59.3 Å². The highest BCUT2D eigenvalue weighted by atomic mass is 35.5. The summed E-state index contributed by atoms with van der Waals surface area (Å²) >= 11 is 5.92. The highest BCUT2D eigenvalue weighted by Crippen LogP contribution is 2.20. The molecule has 0 saturated heterocycles. The largest absolute Gasteiger partial charge is 0.383 e. The Bertz CT molecular complexity index is 1400. The second-order valence-corrected chi connectivity index (χ2v) is 8.70. The zero-order valence-corrected chi connectivity index (χ0v) is 17.1. The first-order valence-corrected chi connectivity index (χ1v) is 10.8.